The summed E-state index contributed by atoms with van der Waals surface area (Å²) in [5, 5.41) is 10.5. The molecule has 0 aromatic carbocycles. The van der Waals surface area contributed by atoms with Crippen LogP contribution in [0.25, 0.3) is 5.65 Å². The van der Waals surface area contributed by atoms with Gasteiger partial charge >= 0.3 is 5.82 Å². The minimum atomic E-state index is -0.619. The van der Waals surface area contributed by atoms with Crippen LogP contribution in [-0.2, 0) is 0 Å². The second-order valence-electron chi connectivity index (χ2n) is 2.57. The highest BCUT2D eigenvalue weighted by molar-refractivity contribution is 9.10. The Hall–Kier alpha value is -1.50. The van der Waals surface area contributed by atoms with E-state index in [4.69, 9.17) is 0 Å². The van der Waals surface area contributed by atoms with Crippen molar-refractivity contribution in [3.05, 3.63) is 38.9 Å². The Labute approximate surface area is 85.5 Å². The van der Waals surface area contributed by atoms with Gasteiger partial charge in [0.2, 0.25) is 0 Å². The van der Waals surface area contributed by atoms with Gasteiger partial charge in [-0.2, -0.15) is 4.40 Å². The summed E-state index contributed by atoms with van der Waals surface area (Å²) in [6.07, 6.45) is 2.41. The lowest BCUT2D eigenvalue weighted by atomic mass is 10.4. The molecule has 0 saturated heterocycles. The molecule has 0 saturated carbocycles. The average molecular weight is 260 g/mol. The van der Waals surface area contributed by atoms with Crippen molar-refractivity contribution in [2.45, 2.75) is 0 Å². The fraction of sp³-hybridized carbons (Fsp3) is 0. The maximum absolute atomic E-state index is 13.2. The smallest absolute Gasteiger partial charge is 0.347 e. The van der Waals surface area contributed by atoms with E-state index in [1.165, 1.54) is 12.3 Å². The molecule has 0 N–H and O–H groups in total. The van der Waals surface area contributed by atoms with E-state index in [9.17, 15) is 14.5 Å². The number of nitrogens with zero attached hydrogens (tertiary/aromatic N) is 3. The zero-order valence-electron chi connectivity index (χ0n) is 6.65. The molecule has 14 heavy (non-hydrogen) atoms. The van der Waals surface area contributed by atoms with Gasteiger partial charge in [0.15, 0.2) is 5.82 Å². The Morgan fingerprint density at radius 1 is 1.64 bits per heavy atom. The van der Waals surface area contributed by atoms with Crippen LogP contribution in [0.15, 0.2) is 22.9 Å². The zero-order valence-corrected chi connectivity index (χ0v) is 8.23. The number of rotatable bonds is 1. The zero-order chi connectivity index (χ0) is 10.3. The Kier molecular flexibility index (Phi) is 1.95. The minimum absolute atomic E-state index is 0.0556. The topological polar surface area (TPSA) is 60.4 Å². The summed E-state index contributed by atoms with van der Waals surface area (Å²) in [5.74, 6) is -0.868. The summed E-state index contributed by atoms with van der Waals surface area (Å²) < 4.78 is 14.7. The summed E-state index contributed by atoms with van der Waals surface area (Å²) in [4.78, 5) is 13.5. The molecule has 0 bridgehead atoms. The molecule has 2 heterocycles. The molecule has 0 atom stereocenters. The van der Waals surface area contributed by atoms with Crippen molar-refractivity contribution >= 4 is 27.4 Å². The predicted octanol–water partition coefficient (Wildman–Crippen LogP) is 2.14. The molecule has 0 spiro atoms. The quantitative estimate of drug-likeness (QED) is 0.583. The summed E-state index contributed by atoms with van der Waals surface area (Å²) in [6.45, 7) is 0. The Bertz CT molecular complexity index is 525. The van der Waals surface area contributed by atoms with E-state index in [-0.39, 0.29) is 11.5 Å². The van der Waals surface area contributed by atoms with Gasteiger partial charge in [0, 0.05) is 0 Å². The summed E-state index contributed by atoms with van der Waals surface area (Å²) >= 11 is 3.04. The van der Waals surface area contributed by atoms with Gasteiger partial charge in [-0.1, -0.05) is 0 Å². The van der Waals surface area contributed by atoms with Crippen molar-refractivity contribution in [1.29, 1.82) is 0 Å². The first-order valence-electron chi connectivity index (χ1n) is 3.56. The number of nitro groups is 1. The molecule has 0 aliphatic rings. The maximum Gasteiger partial charge on any atom is 0.347 e. The standard InChI is InChI=1S/C7H3BrFN3O2/c8-4-1-5(9)7-10-2-6(12(13)14)11(7)3-4/h1-3H. The van der Waals surface area contributed by atoms with E-state index in [0.29, 0.717) is 4.47 Å². The van der Waals surface area contributed by atoms with Gasteiger partial charge in [-0.3, -0.25) is 0 Å². The lowest BCUT2D eigenvalue weighted by Gasteiger charge is -1.94. The second kappa shape index (κ2) is 3.02. The van der Waals surface area contributed by atoms with Crippen molar-refractivity contribution in [3.63, 3.8) is 0 Å². The molecule has 0 aliphatic heterocycles. The van der Waals surface area contributed by atoms with Crippen LogP contribution in [0.1, 0.15) is 0 Å². The highest BCUT2D eigenvalue weighted by atomic mass is 79.9. The third kappa shape index (κ3) is 1.25. The SMILES string of the molecule is O=[N+]([O-])c1cnc2c(F)cc(Br)cn12. The lowest BCUT2D eigenvalue weighted by molar-refractivity contribution is -0.390. The van der Waals surface area contributed by atoms with Crippen molar-refractivity contribution < 1.29 is 9.31 Å². The van der Waals surface area contributed by atoms with E-state index in [1.54, 1.807) is 0 Å². The molecule has 5 nitrogen and oxygen atoms in total. The van der Waals surface area contributed by atoms with Gasteiger partial charge in [0.1, 0.15) is 12.4 Å². The van der Waals surface area contributed by atoms with Gasteiger partial charge < -0.3 is 10.1 Å². The molecular weight excluding hydrogens is 257 g/mol. The third-order valence-corrected chi connectivity index (χ3v) is 2.13. The van der Waals surface area contributed by atoms with Crippen LogP contribution in [0.5, 0.6) is 0 Å². The fourth-order valence-corrected chi connectivity index (χ4v) is 1.54. The molecule has 0 fully saturated rings. The van der Waals surface area contributed by atoms with Gasteiger partial charge in [0.25, 0.3) is 5.65 Å². The number of pyridine rings is 1. The van der Waals surface area contributed by atoms with Crippen LogP contribution < -0.4 is 0 Å². The highest BCUT2D eigenvalue weighted by Crippen LogP contribution is 2.20. The Balaban J connectivity index is 2.85. The van der Waals surface area contributed by atoms with E-state index >= 15 is 0 Å². The first-order valence-corrected chi connectivity index (χ1v) is 4.35. The van der Waals surface area contributed by atoms with Gasteiger partial charge in [-0.15, -0.1) is 0 Å². The molecule has 0 unspecified atom stereocenters. The molecule has 0 amide bonds. The number of fused-ring (bicyclic) bond motifs is 1. The van der Waals surface area contributed by atoms with Crippen molar-refractivity contribution in [1.82, 2.24) is 9.38 Å². The number of aromatic nitrogens is 2. The van der Waals surface area contributed by atoms with Crippen molar-refractivity contribution in [2.75, 3.05) is 0 Å². The van der Waals surface area contributed by atoms with Crippen LogP contribution in [0.3, 0.4) is 0 Å². The molecule has 2 aromatic heterocycles. The fourth-order valence-electron chi connectivity index (χ4n) is 1.14. The molecule has 7 heteroatoms. The van der Waals surface area contributed by atoms with Crippen LogP contribution in [0.4, 0.5) is 10.2 Å². The van der Waals surface area contributed by atoms with Crippen molar-refractivity contribution in [3.8, 4) is 0 Å². The molecule has 0 radical (unpaired) electrons. The van der Waals surface area contributed by atoms with Crippen LogP contribution in [-0.4, -0.2) is 14.3 Å². The molecular formula is C7H3BrFN3O2. The van der Waals surface area contributed by atoms with E-state index < -0.39 is 10.7 Å². The summed E-state index contributed by atoms with van der Waals surface area (Å²) in [7, 11) is 0. The van der Waals surface area contributed by atoms with Crippen LogP contribution in [0.2, 0.25) is 0 Å². The lowest BCUT2D eigenvalue weighted by Crippen LogP contribution is -1.95. The van der Waals surface area contributed by atoms with Gasteiger partial charge in [0.05, 0.1) is 4.47 Å². The largest absolute Gasteiger partial charge is 0.358 e. The highest BCUT2D eigenvalue weighted by Gasteiger charge is 2.17. The third-order valence-electron chi connectivity index (χ3n) is 1.70. The van der Waals surface area contributed by atoms with E-state index in [0.717, 1.165) is 10.6 Å². The minimum Gasteiger partial charge on any atom is -0.358 e. The second-order valence-corrected chi connectivity index (χ2v) is 3.49. The monoisotopic (exact) mass is 259 g/mol. The number of hydrogen-bond acceptors (Lipinski definition) is 3. The first-order chi connectivity index (χ1) is 6.59. The molecule has 72 valence electrons. The van der Waals surface area contributed by atoms with E-state index in [1.807, 2.05) is 0 Å². The summed E-state index contributed by atoms with van der Waals surface area (Å²) in [6, 6.07) is 1.20. The predicted molar refractivity (Wildman–Crippen MR) is 49.5 cm³/mol. The average Bonchev–Trinajstić information content (AvgIpc) is 2.47. The first kappa shape index (κ1) is 9.07. The molecule has 2 rings (SSSR count). The number of hydrogen-bond donors (Lipinski definition) is 0. The van der Waals surface area contributed by atoms with E-state index in [2.05, 4.69) is 20.9 Å². The van der Waals surface area contributed by atoms with Crippen LogP contribution >= 0.6 is 15.9 Å². The maximum atomic E-state index is 13.2. The summed E-state index contributed by atoms with van der Waals surface area (Å²) in [5.41, 5.74) is -0.0556. The van der Waals surface area contributed by atoms with Gasteiger partial charge in [-0.25, -0.2) is 9.37 Å². The number of halogens is 2. The Morgan fingerprint density at radius 2 is 2.36 bits per heavy atom. The molecule has 2 aromatic rings. The van der Waals surface area contributed by atoms with Crippen molar-refractivity contribution in [2.24, 2.45) is 0 Å². The molecule has 0 aliphatic carbocycles. The Morgan fingerprint density at radius 3 is 3.00 bits per heavy atom. The normalized spacial score (nSPS) is 10.7. The number of imidazole rings is 1. The van der Waals surface area contributed by atoms with Crippen LogP contribution in [0, 0.1) is 15.9 Å². The van der Waals surface area contributed by atoms with Gasteiger partial charge in [-0.05, 0) is 26.9 Å².